The summed E-state index contributed by atoms with van der Waals surface area (Å²) in [6.45, 7) is 0. The third-order valence-corrected chi connectivity index (χ3v) is 6.04. The molecule has 3 aromatic rings. The zero-order chi connectivity index (χ0) is 20.3. The molecular weight excluding hydrogens is 376 g/mol. The zero-order valence-electron chi connectivity index (χ0n) is 15.7. The first-order chi connectivity index (χ1) is 13.3. The van der Waals surface area contributed by atoms with Crippen molar-refractivity contribution in [1.82, 2.24) is 4.72 Å². The Morgan fingerprint density at radius 3 is 2.25 bits per heavy atom. The van der Waals surface area contributed by atoms with Crippen molar-refractivity contribution < 1.29 is 18.3 Å². The minimum absolute atomic E-state index is 0.0586. The molecule has 0 saturated heterocycles. The number of nitrogens with zero attached hydrogens (tertiary/aromatic N) is 1. The quantitative estimate of drug-likeness (QED) is 0.639. The van der Waals surface area contributed by atoms with Crippen molar-refractivity contribution in [3.8, 4) is 0 Å². The van der Waals surface area contributed by atoms with Crippen LogP contribution in [0.3, 0.4) is 0 Å². The van der Waals surface area contributed by atoms with Crippen molar-refractivity contribution in [2.24, 2.45) is 0 Å². The predicted molar refractivity (Wildman–Crippen MR) is 110 cm³/mol. The van der Waals surface area contributed by atoms with Crippen LogP contribution in [-0.4, -0.2) is 39.6 Å². The van der Waals surface area contributed by atoms with Crippen LogP contribution < -0.4 is 9.62 Å². The lowest BCUT2D eigenvalue weighted by Gasteiger charge is -2.18. The highest BCUT2D eigenvalue weighted by molar-refractivity contribution is 7.89. The van der Waals surface area contributed by atoms with E-state index in [1.54, 1.807) is 42.5 Å². The van der Waals surface area contributed by atoms with Crippen LogP contribution in [0.25, 0.3) is 10.8 Å². The number of carbonyl (C=O) groups is 1. The number of nitrogens with one attached hydrogen (secondary N) is 1. The molecule has 1 atom stereocenters. The van der Waals surface area contributed by atoms with Crippen LogP contribution in [0.5, 0.6) is 0 Å². The summed E-state index contributed by atoms with van der Waals surface area (Å²) >= 11 is 0. The van der Waals surface area contributed by atoms with E-state index in [0.29, 0.717) is 5.39 Å². The van der Waals surface area contributed by atoms with Gasteiger partial charge in [0.15, 0.2) is 0 Å². The molecule has 0 aromatic heterocycles. The van der Waals surface area contributed by atoms with Gasteiger partial charge < -0.3 is 10.0 Å². The molecule has 0 saturated carbocycles. The number of carboxylic acids is 1. The lowest BCUT2D eigenvalue weighted by molar-refractivity contribution is -0.138. The Kier molecular flexibility index (Phi) is 5.67. The lowest BCUT2D eigenvalue weighted by Crippen LogP contribution is -2.42. The molecule has 3 aromatic carbocycles. The summed E-state index contributed by atoms with van der Waals surface area (Å²) in [5, 5.41) is 10.9. The van der Waals surface area contributed by atoms with Crippen molar-refractivity contribution in [2.75, 3.05) is 19.0 Å². The molecule has 28 heavy (non-hydrogen) atoms. The van der Waals surface area contributed by atoms with Gasteiger partial charge in [0.25, 0.3) is 0 Å². The molecule has 7 heteroatoms. The van der Waals surface area contributed by atoms with E-state index in [-0.39, 0.29) is 11.3 Å². The van der Waals surface area contributed by atoms with Gasteiger partial charge in [-0.1, -0.05) is 54.6 Å². The van der Waals surface area contributed by atoms with E-state index in [1.807, 2.05) is 37.2 Å². The maximum atomic E-state index is 13.0. The van der Waals surface area contributed by atoms with Crippen LogP contribution in [-0.2, 0) is 21.2 Å². The molecule has 0 spiro atoms. The summed E-state index contributed by atoms with van der Waals surface area (Å²) in [7, 11) is -0.276. The Bertz CT molecular complexity index is 1100. The highest BCUT2D eigenvalue weighted by Gasteiger charge is 2.27. The molecule has 0 aliphatic heterocycles. The third kappa shape index (κ3) is 4.16. The molecule has 1 unspecified atom stereocenters. The summed E-state index contributed by atoms with van der Waals surface area (Å²) in [6, 6.07) is 18.1. The van der Waals surface area contributed by atoms with Crippen molar-refractivity contribution in [3.63, 3.8) is 0 Å². The Balaban J connectivity index is 2.00. The van der Waals surface area contributed by atoms with Gasteiger partial charge in [-0.15, -0.1) is 0 Å². The van der Waals surface area contributed by atoms with Crippen LogP contribution >= 0.6 is 0 Å². The first-order valence-electron chi connectivity index (χ1n) is 8.78. The first-order valence-corrected chi connectivity index (χ1v) is 10.3. The van der Waals surface area contributed by atoms with Crippen LogP contribution in [0, 0.1) is 0 Å². The minimum Gasteiger partial charge on any atom is -0.480 e. The molecule has 146 valence electrons. The summed E-state index contributed by atoms with van der Waals surface area (Å²) in [5.41, 5.74) is 1.62. The topological polar surface area (TPSA) is 86.7 Å². The molecule has 0 heterocycles. The van der Waals surface area contributed by atoms with Crippen LogP contribution in [0.4, 0.5) is 5.69 Å². The number of hydrogen-bond acceptors (Lipinski definition) is 4. The second-order valence-electron chi connectivity index (χ2n) is 6.72. The standard InChI is InChI=1S/C21H22N2O4S/c1-23(2)19-12-6-11-17-16(19)10-7-13-20(17)28(26,27)22-18(21(24)25)14-15-8-4-3-5-9-15/h3-13,18,22H,14H2,1-2H3,(H,24,25). The van der Waals surface area contributed by atoms with Crippen LogP contribution in [0.15, 0.2) is 71.6 Å². The smallest absolute Gasteiger partial charge is 0.322 e. The number of hydrogen-bond donors (Lipinski definition) is 2. The number of sulfonamides is 1. The summed E-state index contributed by atoms with van der Waals surface area (Å²) in [4.78, 5) is 13.7. The normalized spacial score (nSPS) is 12.6. The summed E-state index contributed by atoms with van der Waals surface area (Å²) < 4.78 is 28.4. The van der Waals surface area contributed by atoms with E-state index in [4.69, 9.17) is 0 Å². The van der Waals surface area contributed by atoms with Gasteiger partial charge >= 0.3 is 5.97 Å². The maximum Gasteiger partial charge on any atom is 0.322 e. The molecule has 2 N–H and O–H groups in total. The van der Waals surface area contributed by atoms with Gasteiger partial charge in [-0.3, -0.25) is 4.79 Å². The number of benzene rings is 3. The van der Waals surface area contributed by atoms with Gasteiger partial charge in [0.1, 0.15) is 6.04 Å². The Morgan fingerprint density at radius 2 is 1.61 bits per heavy atom. The molecule has 0 fully saturated rings. The fourth-order valence-electron chi connectivity index (χ4n) is 3.17. The van der Waals surface area contributed by atoms with E-state index in [2.05, 4.69) is 4.72 Å². The predicted octanol–water partition coefficient (Wildman–Crippen LogP) is 2.88. The molecule has 0 amide bonds. The number of fused-ring (bicyclic) bond motifs is 1. The van der Waals surface area contributed by atoms with E-state index >= 15 is 0 Å². The van der Waals surface area contributed by atoms with Gasteiger partial charge in [-0.05, 0) is 24.1 Å². The molecule has 3 rings (SSSR count). The largest absolute Gasteiger partial charge is 0.480 e. The Labute approximate surface area is 164 Å². The number of carboxylic acid groups (broad SMARTS) is 1. The molecule has 0 radical (unpaired) electrons. The van der Waals surface area contributed by atoms with Gasteiger partial charge in [-0.25, -0.2) is 8.42 Å². The van der Waals surface area contributed by atoms with Crippen molar-refractivity contribution in [3.05, 3.63) is 72.3 Å². The van der Waals surface area contributed by atoms with Gasteiger partial charge in [0.05, 0.1) is 4.90 Å². The monoisotopic (exact) mass is 398 g/mol. The Morgan fingerprint density at radius 1 is 0.964 bits per heavy atom. The first kappa shape index (κ1) is 19.9. The van der Waals surface area contributed by atoms with E-state index in [1.165, 1.54) is 6.07 Å². The number of rotatable bonds is 7. The number of anilines is 1. The van der Waals surface area contributed by atoms with Crippen LogP contribution in [0.1, 0.15) is 5.56 Å². The second kappa shape index (κ2) is 8.00. The highest BCUT2D eigenvalue weighted by atomic mass is 32.2. The lowest BCUT2D eigenvalue weighted by atomic mass is 10.1. The van der Waals surface area contributed by atoms with Crippen LogP contribution in [0.2, 0.25) is 0 Å². The van der Waals surface area contributed by atoms with E-state index in [0.717, 1.165) is 16.6 Å². The van der Waals surface area contributed by atoms with Crippen molar-refractivity contribution in [2.45, 2.75) is 17.4 Å². The molecule has 0 bridgehead atoms. The fraction of sp³-hybridized carbons (Fsp3) is 0.190. The van der Waals surface area contributed by atoms with Crippen molar-refractivity contribution in [1.29, 1.82) is 0 Å². The average molecular weight is 398 g/mol. The van der Waals surface area contributed by atoms with E-state index < -0.39 is 22.0 Å². The third-order valence-electron chi connectivity index (χ3n) is 4.51. The van der Waals surface area contributed by atoms with Gasteiger partial charge in [-0.2, -0.15) is 4.72 Å². The molecule has 6 nitrogen and oxygen atoms in total. The molecule has 0 aliphatic rings. The summed E-state index contributed by atoms with van der Waals surface area (Å²) in [5.74, 6) is -1.22. The SMILES string of the molecule is CN(C)c1cccc2c(S(=O)(=O)NC(Cc3ccccc3)C(=O)O)cccc12. The van der Waals surface area contributed by atoms with Gasteiger partial charge in [0, 0.05) is 30.6 Å². The molecule has 0 aliphatic carbocycles. The Hall–Kier alpha value is -2.90. The second-order valence-corrected chi connectivity index (χ2v) is 8.41. The average Bonchev–Trinajstić information content (AvgIpc) is 2.67. The maximum absolute atomic E-state index is 13.0. The van der Waals surface area contributed by atoms with Gasteiger partial charge in [0.2, 0.25) is 10.0 Å². The highest BCUT2D eigenvalue weighted by Crippen LogP contribution is 2.30. The minimum atomic E-state index is -4.04. The number of aliphatic carboxylic acids is 1. The fourth-order valence-corrected chi connectivity index (χ4v) is 4.58. The molecular formula is C21H22N2O4S. The van der Waals surface area contributed by atoms with E-state index in [9.17, 15) is 18.3 Å². The zero-order valence-corrected chi connectivity index (χ0v) is 16.5. The summed E-state index contributed by atoms with van der Waals surface area (Å²) in [6.07, 6.45) is 0.0586. The van der Waals surface area contributed by atoms with Crippen molar-refractivity contribution >= 4 is 32.5 Å².